The minimum Gasteiger partial charge on any atom is -0.480 e. The molecule has 2 amide bonds. The van der Waals surface area contributed by atoms with E-state index < -0.39 is 31.1 Å². The lowest BCUT2D eigenvalue weighted by molar-refractivity contribution is -0.140. The molecule has 0 spiro atoms. The number of aliphatic carboxylic acids is 2. The second-order valence-electron chi connectivity index (χ2n) is 4.41. The van der Waals surface area contributed by atoms with Crippen LogP contribution in [-0.4, -0.2) is 58.1 Å². The van der Waals surface area contributed by atoms with Crippen LogP contribution in [0.3, 0.4) is 0 Å². The smallest absolute Gasteiger partial charge is 0.323 e. The average Bonchev–Trinajstić information content (AvgIpc) is 2.38. The minimum atomic E-state index is -1.27. The highest BCUT2D eigenvalue weighted by atomic mass is 35.5. The predicted molar refractivity (Wildman–Crippen MR) is 75.2 cm³/mol. The fourth-order valence-corrected chi connectivity index (χ4v) is 1.82. The summed E-state index contributed by atoms with van der Waals surface area (Å²) in [7, 11) is 1.47. The molecule has 114 valence electrons. The number of halogens is 1. The van der Waals surface area contributed by atoms with Crippen molar-refractivity contribution >= 4 is 29.6 Å². The first-order valence-corrected chi connectivity index (χ1v) is 6.35. The van der Waals surface area contributed by atoms with E-state index in [2.05, 4.69) is 0 Å². The number of rotatable bonds is 6. The molecule has 0 unspecified atom stereocenters. The zero-order valence-electron chi connectivity index (χ0n) is 11.3. The lowest BCUT2D eigenvalue weighted by Crippen LogP contribution is -2.45. The molecule has 0 bridgehead atoms. The Morgan fingerprint density at radius 3 is 1.95 bits per heavy atom. The van der Waals surface area contributed by atoms with Gasteiger partial charge in [-0.25, -0.2) is 4.79 Å². The monoisotopic (exact) mass is 314 g/mol. The summed E-state index contributed by atoms with van der Waals surface area (Å²) in [5.41, 5.74) is 0.792. The molecule has 0 radical (unpaired) electrons. The number of carboxylic acid groups (broad SMARTS) is 2. The summed E-state index contributed by atoms with van der Waals surface area (Å²) < 4.78 is 0. The second kappa shape index (κ2) is 7.49. The van der Waals surface area contributed by atoms with Crippen molar-refractivity contribution in [3.05, 3.63) is 34.9 Å². The van der Waals surface area contributed by atoms with E-state index in [0.717, 1.165) is 10.5 Å². The van der Waals surface area contributed by atoms with Crippen molar-refractivity contribution in [1.82, 2.24) is 9.80 Å². The van der Waals surface area contributed by atoms with Crippen molar-refractivity contribution < 1.29 is 24.6 Å². The molecule has 0 aliphatic heterocycles. The van der Waals surface area contributed by atoms with E-state index in [1.807, 2.05) is 0 Å². The van der Waals surface area contributed by atoms with Gasteiger partial charge in [0.2, 0.25) is 0 Å². The highest BCUT2D eigenvalue weighted by Gasteiger charge is 2.22. The van der Waals surface area contributed by atoms with Gasteiger partial charge in [0.05, 0.1) is 0 Å². The number of nitrogens with zero attached hydrogens (tertiary/aromatic N) is 2. The maximum Gasteiger partial charge on any atom is 0.323 e. The number of hydrogen-bond acceptors (Lipinski definition) is 3. The lowest BCUT2D eigenvalue weighted by atomic mass is 10.2. The quantitative estimate of drug-likeness (QED) is 0.826. The molecule has 1 aromatic carbocycles. The third-order valence-corrected chi connectivity index (χ3v) is 2.83. The highest BCUT2D eigenvalue weighted by molar-refractivity contribution is 6.30. The number of benzene rings is 1. The largest absolute Gasteiger partial charge is 0.480 e. The van der Waals surface area contributed by atoms with E-state index >= 15 is 0 Å². The molecule has 0 heterocycles. The van der Waals surface area contributed by atoms with Gasteiger partial charge in [0.25, 0.3) is 0 Å². The van der Waals surface area contributed by atoms with Crippen molar-refractivity contribution in [3.63, 3.8) is 0 Å². The summed E-state index contributed by atoms with van der Waals surface area (Å²) >= 11 is 5.76. The number of urea groups is 1. The molecule has 8 heteroatoms. The van der Waals surface area contributed by atoms with Gasteiger partial charge in [-0.1, -0.05) is 23.7 Å². The molecule has 0 aromatic heterocycles. The van der Waals surface area contributed by atoms with E-state index in [0.29, 0.717) is 5.02 Å². The third kappa shape index (κ3) is 5.70. The molecule has 1 rings (SSSR count). The number of carbonyl (C=O) groups is 3. The predicted octanol–water partition coefficient (Wildman–Crippen LogP) is 1.36. The highest BCUT2D eigenvalue weighted by Crippen LogP contribution is 2.11. The van der Waals surface area contributed by atoms with Crippen molar-refractivity contribution in [3.8, 4) is 0 Å². The van der Waals surface area contributed by atoms with E-state index in [1.165, 1.54) is 11.9 Å². The lowest BCUT2D eigenvalue weighted by Gasteiger charge is -2.25. The van der Waals surface area contributed by atoms with Gasteiger partial charge >= 0.3 is 18.0 Å². The molecule has 0 saturated heterocycles. The first-order chi connectivity index (χ1) is 9.79. The molecule has 0 aliphatic rings. The number of carboxylic acids is 2. The van der Waals surface area contributed by atoms with Crippen LogP contribution in [0.25, 0.3) is 0 Å². The van der Waals surface area contributed by atoms with Crippen LogP contribution in [0.1, 0.15) is 5.56 Å². The van der Waals surface area contributed by atoms with Crippen LogP contribution in [0, 0.1) is 0 Å². The van der Waals surface area contributed by atoms with E-state index in [1.54, 1.807) is 24.3 Å². The summed E-state index contributed by atoms with van der Waals surface area (Å²) in [6.07, 6.45) is 0. The molecule has 0 fully saturated rings. The van der Waals surface area contributed by atoms with Crippen molar-refractivity contribution in [2.75, 3.05) is 20.1 Å². The van der Waals surface area contributed by atoms with Gasteiger partial charge in [-0.3, -0.25) is 9.59 Å². The molecule has 0 saturated carbocycles. The summed E-state index contributed by atoms with van der Waals surface area (Å²) in [4.78, 5) is 35.5. The summed E-state index contributed by atoms with van der Waals surface area (Å²) in [6, 6.07) is 6.12. The van der Waals surface area contributed by atoms with Crippen molar-refractivity contribution in [2.24, 2.45) is 0 Å². The molecule has 0 atom stereocenters. The van der Waals surface area contributed by atoms with Crippen LogP contribution >= 0.6 is 11.6 Å². The standard InChI is InChI=1S/C13H15ClN2O5/c1-15(6-9-2-4-10(14)5-3-9)13(21)16(7-11(17)18)8-12(19)20/h2-5H,6-8H2,1H3,(H,17,18)(H,19,20). The molecule has 2 N–H and O–H groups in total. The van der Waals surface area contributed by atoms with Gasteiger partial charge in [-0.15, -0.1) is 0 Å². The van der Waals surface area contributed by atoms with Gasteiger partial charge in [-0.05, 0) is 17.7 Å². The summed E-state index contributed by atoms with van der Waals surface area (Å²) in [5.74, 6) is -2.55. The Bertz CT molecular complexity index is 516. The van der Waals surface area contributed by atoms with Crippen molar-refractivity contribution in [2.45, 2.75) is 6.54 Å². The van der Waals surface area contributed by atoms with Crippen LogP contribution in [0.15, 0.2) is 24.3 Å². The molecule has 1 aromatic rings. The first kappa shape index (κ1) is 16.8. The van der Waals surface area contributed by atoms with Crippen LogP contribution in [0.5, 0.6) is 0 Å². The van der Waals surface area contributed by atoms with Gasteiger partial charge < -0.3 is 20.0 Å². The SMILES string of the molecule is CN(Cc1ccc(Cl)cc1)C(=O)N(CC(=O)O)CC(=O)O. The first-order valence-electron chi connectivity index (χ1n) is 5.97. The Kier molecular flexibility index (Phi) is 5.98. The fourth-order valence-electron chi connectivity index (χ4n) is 1.69. The van der Waals surface area contributed by atoms with Crippen molar-refractivity contribution in [1.29, 1.82) is 0 Å². The summed E-state index contributed by atoms with van der Waals surface area (Å²) in [5, 5.41) is 18.0. The number of carbonyl (C=O) groups excluding carboxylic acids is 1. The molecule has 7 nitrogen and oxygen atoms in total. The topological polar surface area (TPSA) is 98.2 Å². The normalized spacial score (nSPS) is 10.0. The second-order valence-corrected chi connectivity index (χ2v) is 4.85. The molecule has 0 aliphatic carbocycles. The number of hydrogen-bond donors (Lipinski definition) is 2. The van der Waals surface area contributed by atoms with E-state index in [9.17, 15) is 14.4 Å². The Balaban J connectivity index is 2.74. The fraction of sp³-hybridized carbons (Fsp3) is 0.308. The van der Waals surface area contributed by atoms with Gasteiger partial charge in [-0.2, -0.15) is 0 Å². The maximum absolute atomic E-state index is 12.1. The third-order valence-electron chi connectivity index (χ3n) is 2.58. The van der Waals surface area contributed by atoms with Gasteiger partial charge in [0.1, 0.15) is 13.1 Å². The molecule has 21 heavy (non-hydrogen) atoms. The van der Waals surface area contributed by atoms with Crippen LogP contribution < -0.4 is 0 Å². The van der Waals surface area contributed by atoms with Crippen LogP contribution in [0.4, 0.5) is 4.79 Å². The minimum absolute atomic E-state index is 0.214. The Morgan fingerprint density at radius 2 is 1.52 bits per heavy atom. The molecular weight excluding hydrogens is 300 g/mol. The summed E-state index contributed by atoms with van der Waals surface area (Å²) in [6.45, 7) is -1.13. The Labute approximate surface area is 126 Å². The maximum atomic E-state index is 12.1. The zero-order chi connectivity index (χ0) is 16.0. The molecular formula is C13H15ClN2O5. The Hall–Kier alpha value is -2.28. The average molecular weight is 315 g/mol. The van der Waals surface area contributed by atoms with Crippen LogP contribution in [0.2, 0.25) is 5.02 Å². The van der Waals surface area contributed by atoms with Gasteiger partial charge in [0.15, 0.2) is 0 Å². The number of amides is 2. The van der Waals surface area contributed by atoms with E-state index in [4.69, 9.17) is 21.8 Å². The van der Waals surface area contributed by atoms with Gasteiger partial charge in [0, 0.05) is 18.6 Å². The zero-order valence-corrected chi connectivity index (χ0v) is 12.1. The van der Waals surface area contributed by atoms with Crippen LogP contribution in [-0.2, 0) is 16.1 Å². The Morgan fingerprint density at radius 1 is 1.05 bits per heavy atom. The van der Waals surface area contributed by atoms with E-state index in [-0.39, 0.29) is 6.54 Å².